The topological polar surface area (TPSA) is 41.5 Å². The van der Waals surface area contributed by atoms with Crippen LogP contribution in [-0.2, 0) is 4.74 Å². The Morgan fingerprint density at radius 3 is 2.93 bits per heavy atom. The maximum Gasteiger partial charge on any atom is 0.125 e. The van der Waals surface area contributed by atoms with Gasteiger partial charge in [0, 0.05) is 11.0 Å². The van der Waals surface area contributed by atoms with E-state index in [-0.39, 0.29) is 12.4 Å². The molecule has 1 aromatic carbocycles. The van der Waals surface area contributed by atoms with Crippen LogP contribution in [0.4, 0.5) is 10.1 Å². The Morgan fingerprint density at radius 1 is 1.40 bits per heavy atom. The number of aliphatic hydroxyl groups excluding tert-OH is 1. The molecule has 0 aromatic heterocycles. The van der Waals surface area contributed by atoms with E-state index in [2.05, 4.69) is 21.2 Å². The minimum atomic E-state index is -0.281. The van der Waals surface area contributed by atoms with Crippen molar-refractivity contribution in [2.24, 2.45) is 0 Å². The second-order valence-corrected chi connectivity index (χ2v) is 3.74. The highest BCUT2D eigenvalue weighted by molar-refractivity contribution is 9.10. The molecule has 1 aromatic rings. The highest BCUT2D eigenvalue weighted by Crippen LogP contribution is 2.22. The molecule has 0 fully saturated rings. The van der Waals surface area contributed by atoms with E-state index in [1.54, 1.807) is 6.07 Å². The summed E-state index contributed by atoms with van der Waals surface area (Å²) < 4.78 is 18.7. The number of rotatable bonds is 6. The first-order valence-corrected chi connectivity index (χ1v) is 5.41. The van der Waals surface area contributed by atoms with Crippen molar-refractivity contribution in [3.63, 3.8) is 0 Å². The molecule has 0 unspecified atom stereocenters. The van der Waals surface area contributed by atoms with Crippen LogP contribution >= 0.6 is 15.9 Å². The lowest BCUT2D eigenvalue weighted by Crippen LogP contribution is -2.11. The molecule has 0 aliphatic carbocycles. The average Bonchev–Trinajstić information content (AvgIpc) is 2.23. The number of hydrogen-bond acceptors (Lipinski definition) is 3. The molecule has 84 valence electrons. The van der Waals surface area contributed by atoms with Gasteiger partial charge in [-0.3, -0.25) is 0 Å². The molecular weight excluding hydrogens is 265 g/mol. The molecule has 0 aliphatic heterocycles. The molecule has 3 nitrogen and oxygen atoms in total. The Kier molecular flexibility index (Phi) is 5.60. The first kappa shape index (κ1) is 12.4. The summed E-state index contributed by atoms with van der Waals surface area (Å²) in [7, 11) is 0. The number of benzene rings is 1. The monoisotopic (exact) mass is 277 g/mol. The molecule has 5 heteroatoms. The smallest absolute Gasteiger partial charge is 0.125 e. The van der Waals surface area contributed by atoms with Crippen LogP contribution in [0.3, 0.4) is 0 Å². The molecule has 1 rings (SSSR count). The number of anilines is 1. The third-order valence-corrected chi connectivity index (χ3v) is 2.42. The molecule has 0 spiro atoms. The van der Waals surface area contributed by atoms with Gasteiger partial charge in [0.25, 0.3) is 0 Å². The second-order valence-electron chi connectivity index (χ2n) is 2.89. The van der Waals surface area contributed by atoms with Crippen LogP contribution in [0.25, 0.3) is 0 Å². The van der Waals surface area contributed by atoms with Gasteiger partial charge in [0.1, 0.15) is 5.82 Å². The lowest BCUT2D eigenvalue weighted by atomic mass is 10.3. The van der Waals surface area contributed by atoms with Crippen molar-refractivity contribution in [2.75, 3.05) is 31.7 Å². The molecule has 15 heavy (non-hydrogen) atoms. The van der Waals surface area contributed by atoms with Gasteiger partial charge in [-0.25, -0.2) is 4.39 Å². The number of hydrogen-bond donors (Lipinski definition) is 2. The molecule has 0 atom stereocenters. The van der Waals surface area contributed by atoms with Crippen molar-refractivity contribution < 1.29 is 14.2 Å². The van der Waals surface area contributed by atoms with Crippen molar-refractivity contribution >= 4 is 21.6 Å². The Morgan fingerprint density at radius 2 is 2.20 bits per heavy atom. The van der Waals surface area contributed by atoms with Gasteiger partial charge in [-0.1, -0.05) is 0 Å². The SMILES string of the molecule is OCCOCCNc1cc(F)ccc1Br. The summed E-state index contributed by atoms with van der Waals surface area (Å²) in [5.41, 5.74) is 0.697. The Bertz CT molecular complexity index is 309. The van der Waals surface area contributed by atoms with E-state index >= 15 is 0 Å². The average molecular weight is 278 g/mol. The summed E-state index contributed by atoms with van der Waals surface area (Å²) in [6, 6.07) is 4.44. The predicted molar refractivity (Wildman–Crippen MR) is 60.5 cm³/mol. The zero-order valence-corrected chi connectivity index (χ0v) is 9.76. The molecule has 0 saturated carbocycles. The van der Waals surface area contributed by atoms with Crippen LogP contribution in [0.5, 0.6) is 0 Å². The molecule has 0 bridgehead atoms. The van der Waals surface area contributed by atoms with E-state index < -0.39 is 0 Å². The number of aliphatic hydroxyl groups is 1. The first-order chi connectivity index (χ1) is 7.24. The van der Waals surface area contributed by atoms with Crippen LogP contribution in [-0.4, -0.2) is 31.5 Å². The predicted octanol–water partition coefficient (Wildman–Crippen LogP) is 2.01. The summed E-state index contributed by atoms with van der Waals surface area (Å²) in [6.07, 6.45) is 0. The zero-order valence-electron chi connectivity index (χ0n) is 8.17. The van der Waals surface area contributed by atoms with Gasteiger partial charge in [-0.2, -0.15) is 0 Å². The maximum atomic E-state index is 12.9. The quantitative estimate of drug-likeness (QED) is 0.782. The summed E-state index contributed by atoms with van der Waals surface area (Å²) in [5.74, 6) is -0.281. The minimum Gasteiger partial charge on any atom is -0.394 e. The van der Waals surface area contributed by atoms with E-state index in [9.17, 15) is 4.39 Å². The molecule has 0 radical (unpaired) electrons. The molecule has 0 amide bonds. The molecule has 0 heterocycles. The van der Waals surface area contributed by atoms with Crippen LogP contribution in [0.1, 0.15) is 0 Å². The minimum absolute atomic E-state index is 0.0175. The van der Waals surface area contributed by atoms with Crippen molar-refractivity contribution in [3.8, 4) is 0 Å². The van der Waals surface area contributed by atoms with Crippen LogP contribution in [0, 0.1) is 5.82 Å². The highest BCUT2D eigenvalue weighted by Gasteiger charge is 2.00. The molecule has 2 N–H and O–H groups in total. The van der Waals surface area contributed by atoms with Gasteiger partial charge >= 0.3 is 0 Å². The summed E-state index contributed by atoms with van der Waals surface area (Å²) in [4.78, 5) is 0. The zero-order chi connectivity index (χ0) is 11.1. The van der Waals surface area contributed by atoms with E-state index in [0.717, 1.165) is 4.47 Å². The van der Waals surface area contributed by atoms with Crippen molar-refractivity contribution in [1.82, 2.24) is 0 Å². The normalized spacial score (nSPS) is 10.3. The summed E-state index contributed by atoms with van der Waals surface area (Å²) >= 11 is 3.30. The van der Waals surface area contributed by atoms with E-state index in [1.807, 2.05) is 0 Å². The standard InChI is InChI=1S/C10H13BrFNO2/c11-9-2-1-8(12)7-10(9)13-3-5-15-6-4-14/h1-2,7,13-14H,3-6H2. The van der Waals surface area contributed by atoms with Gasteiger partial charge in [-0.05, 0) is 34.1 Å². The van der Waals surface area contributed by atoms with E-state index in [1.165, 1.54) is 12.1 Å². The fourth-order valence-electron chi connectivity index (χ4n) is 1.06. The highest BCUT2D eigenvalue weighted by atomic mass is 79.9. The van der Waals surface area contributed by atoms with Crippen molar-refractivity contribution in [1.29, 1.82) is 0 Å². The van der Waals surface area contributed by atoms with Gasteiger partial charge < -0.3 is 15.2 Å². The summed E-state index contributed by atoms with van der Waals surface area (Å²) in [6.45, 7) is 1.39. The third-order valence-electron chi connectivity index (χ3n) is 1.73. The summed E-state index contributed by atoms with van der Waals surface area (Å²) in [5, 5.41) is 11.5. The lowest BCUT2D eigenvalue weighted by Gasteiger charge is -2.08. The fraction of sp³-hybridized carbons (Fsp3) is 0.400. The van der Waals surface area contributed by atoms with Crippen molar-refractivity contribution in [3.05, 3.63) is 28.5 Å². The lowest BCUT2D eigenvalue weighted by molar-refractivity contribution is 0.0992. The van der Waals surface area contributed by atoms with Gasteiger partial charge in [0.2, 0.25) is 0 Å². The van der Waals surface area contributed by atoms with Crippen LogP contribution in [0.15, 0.2) is 22.7 Å². The van der Waals surface area contributed by atoms with Gasteiger partial charge in [0.05, 0.1) is 25.5 Å². The Balaban J connectivity index is 2.33. The van der Waals surface area contributed by atoms with E-state index in [4.69, 9.17) is 9.84 Å². The first-order valence-electron chi connectivity index (χ1n) is 4.61. The fourth-order valence-corrected chi connectivity index (χ4v) is 1.44. The molecular formula is C10H13BrFNO2. The number of halogens is 2. The number of nitrogens with one attached hydrogen (secondary N) is 1. The van der Waals surface area contributed by atoms with Gasteiger partial charge in [0.15, 0.2) is 0 Å². The van der Waals surface area contributed by atoms with E-state index in [0.29, 0.717) is 25.4 Å². The molecule has 0 saturated heterocycles. The van der Waals surface area contributed by atoms with Crippen molar-refractivity contribution in [2.45, 2.75) is 0 Å². The maximum absolute atomic E-state index is 12.9. The van der Waals surface area contributed by atoms with Crippen LogP contribution < -0.4 is 5.32 Å². The number of ether oxygens (including phenoxy) is 1. The van der Waals surface area contributed by atoms with Gasteiger partial charge in [-0.15, -0.1) is 0 Å². The third kappa shape index (κ3) is 4.59. The Labute approximate surface area is 96.4 Å². The Hall–Kier alpha value is -0.650. The molecule has 0 aliphatic rings. The second kappa shape index (κ2) is 6.76. The largest absolute Gasteiger partial charge is 0.394 e. The van der Waals surface area contributed by atoms with Crippen LogP contribution in [0.2, 0.25) is 0 Å².